The minimum Gasteiger partial charge on any atom is -0.497 e. The molecule has 3 aromatic rings. The summed E-state index contributed by atoms with van der Waals surface area (Å²) < 4.78 is 7.43. The second-order valence-electron chi connectivity index (χ2n) is 7.37. The summed E-state index contributed by atoms with van der Waals surface area (Å²) in [5, 5.41) is 10.9. The minimum atomic E-state index is -0.800. The lowest BCUT2D eigenvalue weighted by Crippen LogP contribution is -2.37. The first-order chi connectivity index (χ1) is 13.1. The highest BCUT2D eigenvalue weighted by Gasteiger charge is 2.29. The number of nitrogens with zero attached hydrogens (tertiary/aromatic N) is 2. The molecule has 1 N–H and O–H groups in total. The first-order valence-corrected chi connectivity index (χ1v) is 10.3. The maximum absolute atomic E-state index is 13.0. The molecule has 0 aliphatic heterocycles. The summed E-state index contributed by atoms with van der Waals surface area (Å²) in [7, 11) is 1.64. The highest BCUT2D eigenvalue weighted by atomic mass is 32.1. The van der Waals surface area contributed by atoms with Crippen LogP contribution in [0.5, 0.6) is 5.75 Å². The van der Waals surface area contributed by atoms with Crippen molar-refractivity contribution in [2.45, 2.75) is 50.7 Å². The van der Waals surface area contributed by atoms with E-state index in [9.17, 15) is 9.90 Å². The van der Waals surface area contributed by atoms with E-state index in [1.807, 2.05) is 30.3 Å². The standard InChI is InChI=1S/C21H24N2O3S/c1-26-16-8-6-15(7-9-16)18-12-17-19(27-18)20(24)23(14-22-17)13-21(25)10-4-2-3-5-11-21/h6-9,12,14,25H,2-5,10-11,13H2,1H3. The van der Waals surface area contributed by atoms with Crippen LogP contribution in [0.2, 0.25) is 0 Å². The Labute approximate surface area is 162 Å². The van der Waals surface area contributed by atoms with E-state index in [2.05, 4.69) is 4.98 Å². The van der Waals surface area contributed by atoms with Crippen molar-refractivity contribution in [3.05, 3.63) is 47.0 Å². The van der Waals surface area contributed by atoms with Gasteiger partial charge in [0.2, 0.25) is 0 Å². The third-order valence-corrected chi connectivity index (χ3v) is 6.54. The number of fused-ring (bicyclic) bond motifs is 1. The lowest BCUT2D eigenvalue weighted by Gasteiger charge is -2.27. The molecular weight excluding hydrogens is 360 g/mol. The van der Waals surface area contributed by atoms with E-state index in [1.165, 1.54) is 11.3 Å². The topological polar surface area (TPSA) is 64.3 Å². The Morgan fingerprint density at radius 2 is 1.89 bits per heavy atom. The Bertz CT molecular complexity index is 983. The molecule has 2 aromatic heterocycles. The molecule has 1 fully saturated rings. The number of aliphatic hydroxyl groups is 1. The highest BCUT2D eigenvalue weighted by Crippen LogP contribution is 2.32. The van der Waals surface area contributed by atoms with Crippen molar-refractivity contribution < 1.29 is 9.84 Å². The van der Waals surface area contributed by atoms with Crippen LogP contribution in [0.25, 0.3) is 20.7 Å². The molecule has 0 spiro atoms. The molecule has 1 aromatic carbocycles. The van der Waals surface area contributed by atoms with Crippen molar-refractivity contribution in [1.82, 2.24) is 9.55 Å². The molecule has 142 valence electrons. The van der Waals surface area contributed by atoms with Gasteiger partial charge in [-0.05, 0) is 48.7 Å². The lowest BCUT2D eigenvalue weighted by molar-refractivity contribution is 0.00707. The second-order valence-corrected chi connectivity index (χ2v) is 8.42. The van der Waals surface area contributed by atoms with E-state index in [0.29, 0.717) is 16.8 Å². The smallest absolute Gasteiger partial charge is 0.271 e. The van der Waals surface area contributed by atoms with Gasteiger partial charge in [-0.15, -0.1) is 11.3 Å². The van der Waals surface area contributed by atoms with Crippen LogP contribution in [0.4, 0.5) is 0 Å². The molecular formula is C21H24N2O3S. The van der Waals surface area contributed by atoms with Gasteiger partial charge >= 0.3 is 0 Å². The Kier molecular flexibility index (Phi) is 5.02. The fraction of sp³-hybridized carbons (Fsp3) is 0.429. The van der Waals surface area contributed by atoms with Crippen LogP contribution in [0.15, 0.2) is 41.5 Å². The quantitative estimate of drug-likeness (QED) is 0.684. The van der Waals surface area contributed by atoms with Crippen LogP contribution in [0, 0.1) is 0 Å². The first kappa shape index (κ1) is 18.2. The maximum atomic E-state index is 13.0. The number of thiophene rings is 1. The number of ether oxygens (including phenoxy) is 1. The van der Waals surface area contributed by atoms with E-state index in [-0.39, 0.29) is 5.56 Å². The Morgan fingerprint density at radius 3 is 2.56 bits per heavy atom. The molecule has 4 rings (SSSR count). The molecule has 0 atom stereocenters. The molecule has 0 bridgehead atoms. The summed E-state index contributed by atoms with van der Waals surface area (Å²) in [6.07, 6.45) is 7.43. The molecule has 0 unspecified atom stereocenters. The fourth-order valence-electron chi connectivity index (χ4n) is 3.82. The monoisotopic (exact) mass is 384 g/mol. The van der Waals surface area contributed by atoms with Crippen molar-refractivity contribution in [3.8, 4) is 16.2 Å². The zero-order valence-electron chi connectivity index (χ0n) is 15.5. The molecule has 0 radical (unpaired) electrons. The number of rotatable bonds is 4. The predicted octanol–water partition coefficient (Wildman–Crippen LogP) is 4.22. The average molecular weight is 385 g/mol. The third-order valence-electron chi connectivity index (χ3n) is 5.38. The number of benzene rings is 1. The largest absolute Gasteiger partial charge is 0.497 e. The van der Waals surface area contributed by atoms with E-state index < -0.39 is 5.60 Å². The SMILES string of the molecule is COc1ccc(-c2cc3ncn(CC4(O)CCCCCC4)c(=O)c3s2)cc1. The maximum Gasteiger partial charge on any atom is 0.271 e. The summed E-state index contributed by atoms with van der Waals surface area (Å²) in [5.41, 5.74) is 0.876. The van der Waals surface area contributed by atoms with Gasteiger partial charge < -0.3 is 9.84 Å². The van der Waals surface area contributed by atoms with Crippen molar-refractivity contribution in [2.75, 3.05) is 7.11 Å². The van der Waals surface area contributed by atoms with Gasteiger partial charge in [-0.3, -0.25) is 9.36 Å². The zero-order valence-corrected chi connectivity index (χ0v) is 16.3. The number of aromatic nitrogens is 2. The van der Waals surface area contributed by atoms with Gasteiger partial charge in [-0.2, -0.15) is 0 Å². The highest BCUT2D eigenvalue weighted by molar-refractivity contribution is 7.22. The van der Waals surface area contributed by atoms with Gasteiger partial charge in [0.15, 0.2) is 0 Å². The molecule has 27 heavy (non-hydrogen) atoms. The molecule has 5 nitrogen and oxygen atoms in total. The van der Waals surface area contributed by atoms with E-state index in [1.54, 1.807) is 18.0 Å². The van der Waals surface area contributed by atoms with Crippen LogP contribution in [0.3, 0.4) is 0 Å². The molecule has 2 heterocycles. The molecule has 0 saturated heterocycles. The van der Waals surface area contributed by atoms with E-state index in [0.717, 1.165) is 54.7 Å². The van der Waals surface area contributed by atoms with Gasteiger partial charge in [0, 0.05) is 4.88 Å². The number of hydrogen-bond donors (Lipinski definition) is 1. The lowest BCUT2D eigenvalue weighted by atomic mass is 9.94. The van der Waals surface area contributed by atoms with Gasteiger partial charge in [0.25, 0.3) is 5.56 Å². The Morgan fingerprint density at radius 1 is 1.19 bits per heavy atom. The summed E-state index contributed by atoms with van der Waals surface area (Å²) in [6, 6.07) is 9.74. The Balaban J connectivity index is 1.66. The fourth-order valence-corrected chi connectivity index (χ4v) is 4.88. The summed E-state index contributed by atoms with van der Waals surface area (Å²) in [5.74, 6) is 0.803. The zero-order chi connectivity index (χ0) is 18.9. The van der Waals surface area contributed by atoms with Crippen LogP contribution in [-0.2, 0) is 6.54 Å². The normalized spacial score (nSPS) is 17.0. The molecule has 1 aliphatic rings. The molecule has 1 aliphatic carbocycles. The van der Waals surface area contributed by atoms with E-state index >= 15 is 0 Å². The van der Waals surface area contributed by atoms with Gasteiger partial charge in [-0.25, -0.2) is 4.98 Å². The van der Waals surface area contributed by atoms with Crippen molar-refractivity contribution in [1.29, 1.82) is 0 Å². The average Bonchev–Trinajstić information content (AvgIpc) is 3.01. The summed E-state index contributed by atoms with van der Waals surface area (Å²) >= 11 is 1.45. The van der Waals surface area contributed by atoms with Crippen LogP contribution >= 0.6 is 11.3 Å². The summed E-state index contributed by atoms with van der Waals surface area (Å²) in [6.45, 7) is 0.324. The molecule has 6 heteroatoms. The van der Waals surface area contributed by atoms with Crippen molar-refractivity contribution >= 4 is 21.6 Å². The van der Waals surface area contributed by atoms with E-state index in [4.69, 9.17) is 4.74 Å². The number of methoxy groups -OCH3 is 1. The van der Waals surface area contributed by atoms with Crippen LogP contribution < -0.4 is 10.3 Å². The predicted molar refractivity (Wildman–Crippen MR) is 109 cm³/mol. The molecule has 1 saturated carbocycles. The van der Waals surface area contributed by atoms with Crippen molar-refractivity contribution in [2.24, 2.45) is 0 Å². The van der Waals surface area contributed by atoms with Crippen LogP contribution in [-0.4, -0.2) is 27.4 Å². The van der Waals surface area contributed by atoms with Crippen molar-refractivity contribution in [3.63, 3.8) is 0 Å². The molecule has 0 amide bonds. The van der Waals surface area contributed by atoms with Gasteiger partial charge in [-0.1, -0.05) is 25.7 Å². The first-order valence-electron chi connectivity index (χ1n) is 9.44. The second kappa shape index (κ2) is 7.44. The Hall–Kier alpha value is -2.18. The minimum absolute atomic E-state index is 0.0672. The van der Waals surface area contributed by atoms with Gasteiger partial charge in [0.05, 0.1) is 31.1 Å². The van der Waals surface area contributed by atoms with Crippen LogP contribution in [0.1, 0.15) is 38.5 Å². The summed E-state index contributed by atoms with van der Waals surface area (Å²) in [4.78, 5) is 18.5. The van der Waals surface area contributed by atoms with Gasteiger partial charge in [0.1, 0.15) is 10.4 Å². The third kappa shape index (κ3) is 3.77. The number of hydrogen-bond acceptors (Lipinski definition) is 5.